The average molecular weight is 269 g/mol. The number of non-ortho nitro benzene ring substituents is 1. The topological polar surface area (TPSA) is 81.8 Å². The number of nitrogens with zero attached hydrogens (tertiary/aromatic N) is 1. The molecule has 6 heteroatoms. The van der Waals surface area contributed by atoms with E-state index in [0.717, 1.165) is 0 Å². The average Bonchev–Trinajstić information content (AvgIpc) is 2.34. The van der Waals surface area contributed by atoms with Gasteiger partial charge in [0.1, 0.15) is 12.4 Å². The molecule has 0 fully saturated rings. The van der Waals surface area contributed by atoms with E-state index in [1.807, 2.05) is 13.8 Å². The Labute approximate surface area is 112 Å². The van der Waals surface area contributed by atoms with Gasteiger partial charge in [0.2, 0.25) is 0 Å². The van der Waals surface area contributed by atoms with Crippen LogP contribution in [0.3, 0.4) is 0 Å². The molecule has 0 radical (unpaired) electrons. The van der Waals surface area contributed by atoms with Crippen LogP contribution in [-0.4, -0.2) is 29.3 Å². The highest BCUT2D eigenvalue weighted by Gasteiger charge is 2.15. The van der Waals surface area contributed by atoms with Crippen LogP contribution in [0, 0.1) is 10.1 Å². The second-order valence-electron chi connectivity index (χ2n) is 4.42. The van der Waals surface area contributed by atoms with Gasteiger partial charge in [0.15, 0.2) is 0 Å². The van der Waals surface area contributed by atoms with Gasteiger partial charge in [-0.2, -0.15) is 0 Å². The van der Waals surface area contributed by atoms with E-state index in [1.165, 1.54) is 25.1 Å². The number of rotatable bonds is 7. The lowest BCUT2D eigenvalue weighted by atomic mass is 10.1. The van der Waals surface area contributed by atoms with E-state index in [4.69, 9.17) is 9.47 Å². The second-order valence-corrected chi connectivity index (χ2v) is 4.42. The molecule has 6 nitrogen and oxygen atoms in total. The molecule has 1 atom stereocenters. The van der Waals surface area contributed by atoms with E-state index in [1.54, 1.807) is 0 Å². The van der Waals surface area contributed by atoms with Crippen LogP contribution >= 0.6 is 0 Å². The van der Waals surface area contributed by atoms with Crippen molar-refractivity contribution in [2.75, 3.05) is 13.2 Å². The first kappa shape index (κ1) is 15.4. The SMILES string of the molecule is CC(C)OCCOc1ccc([N+](=O)[O-])cc1[C@@H](C)O. The predicted octanol–water partition coefficient (Wildman–Crippen LogP) is 2.45. The first-order chi connectivity index (χ1) is 8.91. The normalized spacial score (nSPS) is 12.5. The molecule has 106 valence electrons. The summed E-state index contributed by atoms with van der Waals surface area (Å²) in [5.41, 5.74) is 0.334. The largest absolute Gasteiger partial charge is 0.491 e. The Morgan fingerprint density at radius 1 is 1.32 bits per heavy atom. The van der Waals surface area contributed by atoms with Gasteiger partial charge >= 0.3 is 0 Å². The van der Waals surface area contributed by atoms with E-state index in [2.05, 4.69) is 0 Å². The van der Waals surface area contributed by atoms with Gasteiger partial charge in [-0.05, 0) is 26.8 Å². The summed E-state index contributed by atoms with van der Waals surface area (Å²) < 4.78 is 10.8. The van der Waals surface area contributed by atoms with Gasteiger partial charge in [0, 0.05) is 17.7 Å². The first-order valence-electron chi connectivity index (χ1n) is 6.12. The van der Waals surface area contributed by atoms with Crippen LogP contribution in [0.25, 0.3) is 0 Å². The fraction of sp³-hybridized carbons (Fsp3) is 0.538. The van der Waals surface area contributed by atoms with Crippen molar-refractivity contribution in [1.29, 1.82) is 0 Å². The van der Waals surface area contributed by atoms with Crippen molar-refractivity contribution in [2.45, 2.75) is 33.0 Å². The molecular formula is C13H19NO5. The quantitative estimate of drug-likeness (QED) is 0.467. The highest BCUT2D eigenvalue weighted by molar-refractivity contribution is 5.44. The molecule has 1 rings (SSSR count). The molecule has 1 N–H and O–H groups in total. The number of ether oxygens (including phenoxy) is 2. The number of hydrogen-bond acceptors (Lipinski definition) is 5. The summed E-state index contributed by atoms with van der Waals surface area (Å²) in [6.45, 7) is 6.14. The van der Waals surface area contributed by atoms with Gasteiger partial charge in [-0.15, -0.1) is 0 Å². The van der Waals surface area contributed by atoms with Crippen molar-refractivity contribution in [2.24, 2.45) is 0 Å². The number of benzene rings is 1. The summed E-state index contributed by atoms with van der Waals surface area (Å²) in [7, 11) is 0. The van der Waals surface area contributed by atoms with E-state index < -0.39 is 11.0 Å². The molecule has 0 aliphatic heterocycles. The van der Waals surface area contributed by atoms with Crippen molar-refractivity contribution in [3.05, 3.63) is 33.9 Å². The van der Waals surface area contributed by atoms with Crippen molar-refractivity contribution in [3.63, 3.8) is 0 Å². The van der Waals surface area contributed by atoms with E-state index in [0.29, 0.717) is 24.5 Å². The van der Waals surface area contributed by atoms with Gasteiger partial charge in [-0.1, -0.05) is 0 Å². The number of nitro groups is 1. The Bertz CT molecular complexity index is 431. The molecule has 1 aromatic rings. The molecule has 19 heavy (non-hydrogen) atoms. The summed E-state index contributed by atoms with van der Waals surface area (Å²) in [4.78, 5) is 10.2. The number of aliphatic hydroxyl groups is 1. The van der Waals surface area contributed by atoms with Gasteiger partial charge < -0.3 is 14.6 Å². The van der Waals surface area contributed by atoms with Crippen LogP contribution in [0.1, 0.15) is 32.4 Å². The summed E-state index contributed by atoms with van der Waals surface area (Å²) >= 11 is 0. The lowest BCUT2D eigenvalue weighted by Gasteiger charge is -2.14. The standard InChI is InChI=1S/C13H19NO5/c1-9(2)18-6-7-19-13-5-4-11(14(16)17)8-12(13)10(3)15/h4-5,8-10,15H,6-7H2,1-3H3/t10-/m1/s1. The van der Waals surface area contributed by atoms with E-state index in [9.17, 15) is 15.2 Å². The number of aliphatic hydroxyl groups excluding tert-OH is 1. The monoisotopic (exact) mass is 269 g/mol. The van der Waals surface area contributed by atoms with Crippen LogP contribution in [0.2, 0.25) is 0 Å². The Morgan fingerprint density at radius 3 is 2.53 bits per heavy atom. The minimum Gasteiger partial charge on any atom is -0.491 e. The maximum atomic E-state index is 10.7. The zero-order chi connectivity index (χ0) is 14.4. The summed E-state index contributed by atoms with van der Waals surface area (Å²) in [6, 6.07) is 4.17. The van der Waals surface area contributed by atoms with E-state index in [-0.39, 0.29) is 11.8 Å². The van der Waals surface area contributed by atoms with E-state index >= 15 is 0 Å². The highest BCUT2D eigenvalue weighted by atomic mass is 16.6. The molecule has 0 aliphatic rings. The second kappa shape index (κ2) is 7.06. The molecular weight excluding hydrogens is 250 g/mol. The fourth-order valence-electron chi connectivity index (χ4n) is 1.54. The maximum Gasteiger partial charge on any atom is 0.270 e. The van der Waals surface area contributed by atoms with Gasteiger partial charge in [0.25, 0.3) is 5.69 Å². The van der Waals surface area contributed by atoms with Gasteiger partial charge in [0.05, 0.1) is 23.7 Å². The number of hydrogen-bond donors (Lipinski definition) is 1. The summed E-state index contributed by atoms with van der Waals surface area (Å²) in [6.07, 6.45) is -0.711. The Kier molecular flexibility index (Phi) is 5.72. The van der Waals surface area contributed by atoms with Crippen LogP contribution in [0.5, 0.6) is 5.75 Å². The molecule has 0 unspecified atom stereocenters. The van der Waals surface area contributed by atoms with Crippen LogP contribution in [0.4, 0.5) is 5.69 Å². The highest BCUT2D eigenvalue weighted by Crippen LogP contribution is 2.29. The van der Waals surface area contributed by atoms with Crippen LogP contribution in [-0.2, 0) is 4.74 Å². The molecule has 0 spiro atoms. The fourth-order valence-corrected chi connectivity index (χ4v) is 1.54. The van der Waals surface area contributed by atoms with Gasteiger partial charge in [-0.3, -0.25) is 10.1 Å². The van der Waals surface area contributed by atoms with Gasteiger partial charge in [-0.25, -0.2) is 0 Å². The minimum absolute atomic E-state index is 0.0679. The zero-order valence-electron chi connectivity index (χ0n) is 11.3. The minimum atomic E-state index is -0.832. The molecule has 0 heterocycles. The van der Waals surface area contributed by atoms with Crippen molar-refractivity contribution >= 4 is 5.69 Å². The summed E-state index contributed by atoms with van der Waals surface area (Å²) in [5, 5.41) is 20.3. The molecule has 0 aliphatic carbocycles. The third kappa shape index (κ3) is 4.84. The lowest BCUT2D eigenvalue weighted by molar-refractivity contribution is -0.385. The maximum absolute atomic E-state index is 10.7. The Morgan fingerprint density at radius 2 is 2.00 bits per heavy atom. The van der Waals surface area contributed by atoms with Crippen LogP contribution in [0.15, 0.2) is 18.2 Å². The molecule has 0 aromatic heterocycles. The molecule has 0 bridgehead atoms. The van der Waals surface area contributed by atoms with Crippen molar-refractivity contribution < 1.29 is 19.5 Å². The van der Waals surface area contributed by atoms with Crippen molar-refractivity contribution in [1.82, 2.24) is 0 Å². The third-order valence-electron chi connectivity index (χ3n) is 2.45. The molecule has 1 aromatic carbocycles. The summed E-state index contributed by atoms with van der Waals surface area (Å²) in [5.74, 6) is 0.438. The Hall–Kier alpha value is -1.66. The first-order valence-corrected chi connectivity index (χ1v) is 6.12. The predicted molar refractivity (Wildman–Crippen MR) is 70.3 cm³/mol. The zero-order valence-corrected chi connectivity index (χ0v) is 11.3. The molecule has 0 saturated heterocycles. The molecule has 0 saturated carbocycles. The third-order valence-corrected chi connectivity index (χ3v) is 2.45. The Balaban J connectivity index is 2.74. The smallest absolute Gasteiger partial charge is 0.270 e. The van der Waals surface area contributed by atoms with Crippen molar-refractivity contribution in [3.8, 4) is 5.75 Å². The van der Waals surface area contributed by atoms with Crippen LogP contribution < -0.4 is 4.74 Å². The number of nitro benzene ring substituents is 1. The molecule has 0 amide bonds. The lowest BCUT2D eigenvalue weighted by Crippen LogP contribution is -2.12.